The normalized spacial score (nSPS) is 10.1. The van der Waals surface area contributed by atoms with Crippen LogP contribution in [0.15, 0.2) is 53.0 Å². The van der Waals surface area contributed by atoms with Crippen molar-refractivity contribution in [3.8, 4) is 11.5 Å². The fraction of sp³-hybridized carbons (Fsp3) is 0.143. The van der Waals surface area contributed by atoms with E-state index in [4.69, 9.17) is 9.47 Å². The zero-order valence-electron chi connectivity index (χ0n) is 10.5. The SMILES string of the molecule is O=[N+]([O-])c1cccc(OCCOc2ccc(Br)cc2)c1. The Balaban J connectivity index is 1.79. The first-order valence-corrected chi connectivity index (χ1v) is 6.70. The standard InChI is InChI=1S/C14H12BrNO4/c15-11-4-6-13(7-5-11)19-8-9-20-14-3-1-2-12(10-14)16(17)18/h1-7,10H,8-9H2. The number of nitrogens with zero attached hydrogens (tertiary/aromatic N) is 1. The van der Waals surface area contributed by atoms with Gasteiger partial charge < -0.3 is 9.47 Å². The maximum absolute atomic E-state index is 10.6. The Morgan fingerprint density at radius 1 is 1.00 bits per heavy atom. The zero-order valence-corrected chi connectivity index (χ0v) is 12.1. The summed E-state index contributed by atoms with van der Waals surface area (Å²) in [4.78, 5) is 10.2. The number of nitro groups is 1. The summed E-state index contributed by atoms with van der Waals surface area (Å²) in [5.74, 6) is 1.20. The average molecular weight is 338 g/mol. The van der Waals surface area contributed by atoms with Crippen LogP contribution in [0.5, 0.6) is 11.5 Å². The van der Waals surface area contributed by atoms with Gasteiger partial charge in [-0.2, -0.15) is 0 Å². The lowest BCUT2D eigenvalue weighted by Crippen LogP contribution is -2.09. The topological polar surface area (TPSA) is 61.6 Å². The van der Waals surface area contributed by atoms with E-state index in [0.29, 0.717) is 19.0 Å². The second-order valence-corrected chi connectivity index (χ2v) is 4.82. The van der Waals surface area contributed by atoms with E-state index in [1.54, 1.807) is 12.1 Å². The second-order valence-electron chi connectivity index (χ2n) is 3.91. The minimum atomic E-state index is -0.453. The lowest BCUT2D eigenvalue weighted by molar-refractivity contribution is -0.384. The van der Waals surface area contributed by atoms with Gasteiger partial charge in [-0.05, 0) is 30.3 Å². The van der Waals surface area contributed by atoms with Crippen LogP contribution in [0.2, 0.25) is 0 Å². The molecule has 0 heterocycles. The Morgan fingerprint density at radius 3 is 2.30 bits per heavy atom. The molecule has 0 spiro atoms. The molecule has 20 heavy (non-hydrogen) atoms. The summed E-state index contributed by atoms with van der Waals surface area (Å²) in [6.07, 6.45) is 0. The summed E-state index contributed by atoms with van der Waals surface area (Å²) in [6, 6.07) is 13.5. The first-order chi connectivity index (χ1) is 9.65. The molecule has 104 valence electrons. The van der Waals surface area contributed by atoms with Crippen molar-refractivity contribution in [1.29, 1.82) is 0 Å². The molecule has 6 heteroatoms. The Bertz CT molecular complexity index is 586. The summed E-state index contributed by atoms with van der Waals surface area (Å²) in [5.41, 5.74) is 0.0105. The minimum absolute atomic E-state index is 0.0105. The highest BCUT2D eigenvalue weighted by Gasteiger charge is 2.06. The molecule has 0 saturated heterocycles. The molecule has 2 rings (SSSR count). The van der Waals surface area contributed by atoms with Crippen LogP contribution in [0.4, 0.5) is 5.69 Å². The van der Waals surface area contributed by atoms with Crippen molar-refractivity contribution >= 4 is 21.6 Å². The summed E-state index contributed by atoms with van der Waals surface area (Å²) in [5, 5.41) is 10.6. The molecule has 0 aliphatic heterocycles. The molecule has 2 aromatic carbocycles. The number of hydrogen-bond acceptors (Lipinski definition) is 4. The molecule has 0 N–H and O–H groups in total. The van der Waals surface area contributed by atoms with Crippen molar-refractivity contribution in [3.05, 3.63) is 63.1 Å². The molecule has 0 amide bonds. The van der Waals surface area contributed by atoms with Gasteiger partial charge in [-0.3, -0.25) is 10.1 Å². The fourth-order valence-electron chi connectivity index (χ4n) is 1.54. The molecule has 5 nitrogen and oxygen atoms in total. The van der Waals surface area contributed by atoms with Gasteiger partial charge in [-0.15, -0.1) is 0 Å². The third-order valence-corrected chi connectivity index (χ3v) is 2.99. The number of ether oxygens (including phenoxy) is 2. The van der Waals surface area contributed by atoms with Gasteiger partial charge in [0.05, 0.1) is 11.0 Å². The van der Waals surface area contributed by atoms with Crippen LogP contribution < -0.4 is 9.47 Å². The van der Waals surface area contributed by atoms with E-state index in [-0.39, 0.29) is 5.69 Å². The van der Waals surface area contributed by atoms with E-state index in [0.717, 1.165) is 10.2 Å². The molecular formula is C14H12BrNO4. The summed E-state index contributed by atoms with van der Waals surface area (Å²) in [7, 11) is 0. The van der Waals surface area contributed by atoms with Gasteiger partial charge >= 0.3 is 0 Å². The van der Waals surface area contributed by atoms with E-state index in [1.807, 2.05) is 24.3 Å². The number of non-ortho nitro benzene ring substituents is 1. The van der Waals surface area contributed by atoms with Crippen LogP contribution in [0.1, 0.15) is 0 Å². The highest BCUT2D eigenvalue weighted by molar-refractivity contribution is 9.10. The predicted octanol–water partition coefficient (Wildman–Crippen LogP) is 3.82. The third-order valence-electron chi connectivity index (χ3n) is 2.46. The molecular weight excluding hydrogens is 326 g/mol. The zero-order chi connectivity index (χ0) is 14.4. The lowest BCUT2D eigenvalue weighted by Gasteiger charge is -2.08. The first-order valence-electron chi connectivity index (χ1n) is 5.91. The summed E-state index contributed by atoms with van der Waals surface area (Å²) < 4.78 is 11.9. The van der Waals surface area contributed by atoms with Crippen molar-refractivity contribution in [2.75, 3.05) is 13.2 Å². The van der Waals surface area contributed by atoms with Crippen LogP contribution in [0, 0.1) is 10.1 Å². The van der Waals surface area contributed by atoms with Gasteiger partial charge in [0.1, 0.15) is 24.7 Å². The van der Waals surface area contributed by atoms with Gasteiger partial charge in [0.25, 0.3) is 5.69 Å². The van der Waals surface area contributed by atoms with Crippen molar-refractivity contribution in [2.45, 2.75) is 0 Å². The van der Waals surface area contributed by atoms with Gasteiger partial charge in [0, 0.05) is 10.5 Å². The van der Waals surface area contributed by atoms with E-state index in [9.17, 15) is 10.1 Å². The van der Waals surface area contributed by atoms with Gasteiger partial charge in [-0.25, -0.2) is 0 Å². The Labute approximate surface area is 124 Å². The Hall–Kier alpha value is -2.08. The Morgan fingerprint density at radius 2 is 1.65 bits per heavy atom. The van der Waals surface area contributed by atoms with Crippen LogP contribution in [-0.4, -0.2) is 18.1 Å². The number of halogens is 1. The monoisotopic (exact) mass is 337 g/mol. The molecule has 0 bridgehead atoms. The van der Waals surface area contributed by atoms with Crippen molar-refractivity contribution < 1.29 is 14.4 Å². The Kier molecular flexibility index (Phi) is 4.95. The molecule has 0 radical (unpaired) electrons. The number of benzene rings is 2. The third kappa shape index (κ3) is 4.24. The average Bonchev–Trinajstić information content (AvgIpc) is 2.46. The van der Waals surface area contributed by atoms with Crippen LogP contribution in [0.3, 0.4) is 0 Å². The van der Waals surface area contributed by atoms with Gasteiger partial charge in [0.15, 0.2) is 0 Å². The van der Waals surface area contributed by atoms with Crippen molar-refractivity contribution in [1.82, 2.24) is 0 Å². The molecule has 0 aliphatic rings. The highest BCUT2D eigenvalue weighted by Crippen LogP contribution is 2.19. The summed E-state index contributed by atoms with van der Waals surface area (Å²) >= 11 is 3.34. The molecule has 2 aromatic rings. The predicted molar refractivity (Wildman–Crippen MR) is 78.2 cm³/mol. The minimum Gasteiger partial charge on any atom is -0.490 e. The van der Waals surface area contributed by atoms with E-state index in [1.165, 1.54) is 12.1 Å². The van der Waals surface area contributed by atoms with Crippen molar-refractivity contribution in [2.24, 2.45) is 0 Å². The molecule has 0 fully saturated rings. The van der Waals surface area contributed by atoms with Crippen LogP contribution >= 0.6 is 15.9 Å². The quantitative estimate of drug-likeness (QED) is 0.456. The lowest BCUT2D eigenvalue weighted by atomic mass is 10.3. The van der Waals surface area contributed by atoms with E-state index >= 15 is 0 Å². The van der Waals surface area contributed by atoms with Gasteiger partial charge in [-0.1, -0.05) is 22.0 Å². The first kappa shape index (κ1) is 14.3. The van der Waals surface area contributed by atoms with Gasteiger partial charge in [0.2, 0.25) is 0 Å². The second kappa shape index (κ2) is 6.91. The molecule has 0 atom stereocenters. The summed E-state index contributed by atoms with van der Waals surface area (Å²) in [6.45, 7) is 0.682. The molecule has 0 aromatic heterocycles. The maximum Gasteiger partial charge on any atom is 0.273 e. The molecule has 0 aliphatic carbocycles. The maximum atomic E-state index is 10.6. The number of nitro benzene ring substituents is 1. The number of rotatable bonds is 6. The van der Waals surface area contributed by atoms with E-state index in [2.05, 4.69) is 15.9 Å². The molecule has 0 unspecified atom stereocenters. The van der Waals surface area contributed by atoms with E-state index < -0.39 is 4.92 Å². The fourth-order valence-corrected chi connectivity index (χ4v) is 1.80. The molecule has 0 saturated carbocycles. The number of hydrogen-bond donors (Lipinski definition) is 0. The van der Waals surface area contributed by atoms with Crippen molar-refractivity contribution in [3.63, 3.8) is 0 Å². The van der Waals surface area contributed by atoms with Crippen LogP contribution in [0.25, 0.3) is 0 Å². The van der Waals surface area contributed by atoms with Crippen LogP contribution in [-0.2, 0) is 0 Å². The smallest absolute Gasteiger partial charge is 0.273 e. The highest BCUT2D eigenvalue weighted by atomic mass is 79.9. The largest absolute Gasteiger partial charge is 0.490 e.